The Labute approximate surface area is 168 Å². The lowest BCUT2D eigenvalue weighted by atomic mass is 9.95. The first kappa shape index (κ1) is 17.3. The Morgan fingerprint density at radius 2 is 1.89 bits per heavy atom. The van der Waals surface area contributed by atoms with Gasteiger partial charge in [0.15, 0.2) is 0 Å². The minimum Gasteiger partial charge on any atom is -0.464 e. The Morgan fingerprint density at radius 3 is 2.68 bits per heavy atom. The van der Waals surface area contributed by atoms with Crippen molar-refractivity contribution in [3.05, 3.63) is 99.8 Å². The molecule has 2 aliphatic heterocycles. The summed E-state index contributed by atoms with van der Waals surface area (Å²) in [5.74, 6) is 0.474. The molecule has 2 aliphatic rings. The third kappa shape index (κ3) is 2.94. The van der Waals surface area contributed by atoms with E-state index in [-0.39, 0.29) is 11.9 Å². The molecular formula is C23H18ClFN2O. The minimum atomic E-state index is -0.489. The summed E-state index contributed by atoms with van der Waals surface area (Å²) in [4.78, 5) is 0. The van der Waals surface area contributed by atoms with Gasteiger partial charge < -0.3 is 4.74 Å². The summed E-state index contributed by atoms with van der Waals surface area (Å²) in [5, 5.41) is 7.48. The maximum atomic E-state index is 13.9. The summed E-state index contributed by atoms with van der Waals surface area (Å²) < 4.78 is 20.1. The Balaban J connectivity index is 1.61. The van der Waals surface area contributed by atoms with E-state index in [4.69, 9.17) is 21.4 Å². The van der Waals surface area contributed by atoms with E-state index < -0.39 is 6.23 Å². The molecule has 3 aromatic carbocycles. The highest BCUT2D eigenvalue weighted by atomic mass is 35.5. The number of rotatable bonds is 2. The highest BCUT2D eigenvalue weighted by Crippen LogP contribution is 2.48. The van der Waals surface area contributed by atoms with Gasteiger partial charge in [-0.25, -0.2) is 9.40 Å². The molecule has 2 atom stereocenters. The standard InChI is InChI=1S/C23H18ClFN2O/c1-14-5-7-15(8-6-14)20-13-21-19-12-17(24)9-10-22(19)28-23(27(21)26-20)16-3-2-4-18(25)11-16/h2-12,21,23H,13H2,1H3/t21-,23+/m1/s1. The molecule has 2 heterocycles. The van der Waals surface area contributed by atoms with E-state index in [1.54, 1.807) is 6.07 Å². The Bertz CT molecular complexity index is 1080. The molecule has 0 bridgehead atoms. The smallest absolute Gasteiger partial charge is 0.213 e. The summed E-state index contributed by atoms with van der Waals surface area (Å²) in [5.41, 5.74) is 5.02. The molecule has 3 nitrogen and oxygen atoms in total. The molecule has 0 fully saturated rings. The van der Waals surface area contributed by atoms with Gasteiger partial charge in [-0.1, -0.05) is 53.6 Å². The van der Waals surface area contributed by atoms with E-state index in [9.17, 15) is 4.39 Å². The molecule has 5 heteroatoms. The predicted molar refractivity (Wildman–Crippen MR) is 108 cm³/mol. The second kappa shape index (κ2) is 6.64. The average molecular weight is 393 g/mol. The van der Waals surface area contributed by atoms with Crippen molar-refractivity contribution >= 4 is 17.3 Å². The molecule has 0 amide bonds. The Kier molecular flexibility index (Phi) is 4.09. The third-order valence-corrected chi connectivity index (χ3v) is 5.51. The third-order valence-electron chi connectivity index (χ3n) is 5.27. The molecule has 0 aliphatic carbocycles. The van der Waals surface area contributed by atoms with Crippen molar-refractivity contribution in [2.75, 3.05) is 0 Å². The number of nitrogens with zero attached hydrogens (tertiary/aromatic N) is 2. The molecule has 0 radical (unpaired) electrons. The number of aryl methyl sites for hydroxylation is 1. The molecule has 0 spiro atoms. The fourth-order valence-electron chi connectivity index (χ4n) is 3.86. The molecule has 0 N–H and O–H groups in total. The lowest BCUT2D eigenvalue weighted by Gasteiger charge is -2.38. The molecule has 0 saturated heterocycles. The van der Waals surface area contributed by atoms with Gasteiger partial charge in [0.1, 0.15) is 11.6 Å². The molecule has 5 rings (SSSR count). The average Bonchev–Trinajstić information content (AvgIpc) is 3.14. The molecule has 140 valence electrons. The van der Waals surface area contributed by atoms with Gasteiger partial charge in [0, 0.05) is 22.6 Å². The van der Waals surface area contributed by atoms with Gasteiger partial charge in [-0.3, -0.25) is 0 Å². The van der Waals surface area contributed by atoms with Crippen molar-refractivity contribution in [3.8, 4) is 5.75 Å². The number of benzene rings is 3. The summed E-state index contributed by atoms with van der Waals surface area (Å²) in [6.07, 6.45) is 0.253. The van der Waals surface area contributed by atoms with Crippen LogP contribution in [0.2, 0.25) is 5.02 Å². The fourth-order valence-corrected chi connectivity index (χ4v) is 4.04. The molecule has 3 aromatic rings. The molecule has 0 aromatic heterocycles. The molecule has 0 saturated carbocycles. The van der Waals surface area contributed by atoms with Crippen LogP contribution in [0.1, 0.15) is 40.9 Å². The SMILES string of the molecule is Cc1ccc(C2=NN3[C@H](C2)c2cc(Cl)ccc2O[C@H]3c2cccc(F)c2)cc1. The van der Waals surface area contributed by atoms with Gasteiger partial charge in [0.2, 0.25) is 6.23 Å². The first-order chi connectivity index (χ1) is 13.6. The van der Waals surface area contributed by atoms with Crippen LogP contribution in [-0.2, 0) is 0 Å². The maximum absolute atomic E-state index is 13.9. The van der Waals surface area contributed by atoms with Crippen LogP contribution in [0.5, 0.6) is 5.75 Å². The van der Waals surface area contributed by atoms with Gasteiger partial charge >= 0.3 is 0 Å². The summed E-state index contributed by atoms with van der Waals surface area (Å²) >= 11 is 6.25. The second-order valence-corrected chi connectivity index (χ2v) is 7.66. The second-order valence-electron chi connectivity index (χ2n) is 7.22. The molecule has 28 heavy (non-hydrogen) atoms. The Hall–Kier alpha value is -2.85. The van der Waals surface area contributed by atoms with Gasteiger partial charge in [-0.2, -0.15) is 5.10 Å². The number of hydrazone groups is 1. The van der Waals surface area contributed by atoms with Gasteiger partial charge in [-0.05, 0) is 42.8 Å². The van der Waals surface area contributed by atoms with Crippen LogP contribution in [0.15, 0.2) is 71.8 Å². The normalized spacial score (nSPS) is 20.2. The summed E-state index contributed by atoms with van der Waals surface area (Å²) in [7, 11) is 0. The van der Waals surface area contributed by atoms with Crippen LogP contribution >= 0.6 is 11.6 Å². The lowest BCUT2D eigenvalue weighted by Crippen LogP contribution is -2.33. The van der Waals surface area contributed by atoms with E-state index in [1.807, 2.05) is 29.3 Å². The zero-order valence-corrected chi connectivity index (χ0v) is 16.0. The van der Waals surface area contributed by atoms with Crippen molar-refractivity contribution < 1.29 is 9.13 Å². The van der Waals surface area contributed by atoms with Crippen molar-refractivity contribution in [2.24, 2.45) is 5.10 Å². The largest absolute Gasteiger partial charge is 0.464 e. The van der Waals surface area contributed by atoms with Gasteiger partial charge in [0.25, 0.3) is 0 Å². The van der Waals surface area contributed by atoms with Crippen LogP contribution in [0.25, 0.3) is 0 Å². The zero-order chi connectivity index (χ0) is 19.3. The van der Waals surface area contributed by atoms with Crippen LogP contribution in [-0.4, -0.2) is 10.7 Å². The maximum Gasteiger partial charge on any atom is 0.213 e. The number of hydrogen-bond acceptors (Lipinski definition) is 3. The van der Waals surface area contributed by atoms with Crippen LogP contribution in [0, 0.1) is 12.7 Å². The highest BCUT2D eigenvalue weighted by molar-refractivity contribution is 6.30. The van der Waals surface area contributed by atoms with Crippen molar-refractivity contribution in [1.29, 1.82) is 0 Å². The van der Waals surface area contributed by atoms with Gasteiger partial charge in [-0.15, -0.1) is 0 Å². The first-order valence-electron chi connectivity index (χ1n) is 9.23. The van der Waals surface area contributed by atoms with Crippen molar-refractivity contribution in [3.63, 3.8) is 0 Å². The van der Waals surface area contributed by atoms with Crippen LogP contribution in [0.3, 0.4) is 0 Å². The summed E-state index contributed by atoms with van der Waals surface area (Å²) in [6.45, 7) is 2.07. The first-order valence-corrected chi connectivity index (χ1v) is 9.61. The molecule has 0 unspecified atom stereocenters. The van der Waals surface area contributed by atoms with Crippen LogP contribution < -0.4 is 4.74 Å². The fraction of sp³-hybridized carbons (Fsp3) is 0.174. The predicted octanol–water partition coefficient (Wildman–Crippen LogP) is 6.03. The van der Waals surface area contributed by atoms with E-state index in [0.29, 0.717) is 5.02 Å². The van der Waals surface area contributed by atoms with Crippen LogP contribution in [0.4, 0.5) is 4.39 Å². The summed E-state index contributed by atoms with van der Waals surface area (Å²) in [6, 6.07) is 20.5. The lowest BCUT2D eigenvalue weighted by molar-refractivity contribution is -0.0192. The van der Waals surface area contributed by atoms with E-state index in [2.05, 4.69) is 31.2 Å². The van der Waals surface area contributed by atoms with E-state index in [0.717, 1.165) is 34.6 Å². The Morgan fingerprint density at radius 1 is 1.07 bits per heavy atom. The van der Waals surface area contributed by atoms with Crippen molar-refractivity contribution in [1.82, 2.24) is 5.01 Å². The topological polar surface area (TPSA) is 24.8 Å². The van der Waals surface area contributed by atoms with E-state index in [1.165, 1.54) is 17.7 Å². The number of halogens is 2. The minimum absolute atomic E-state index is 0.00739. The van der Waals surface area contributed by atoms with Gasteiger partial charge in [0.05, 0.1) is 11.8 Å². The van der Waals surface area contributed by atoms with E-state index >= 15 is 0 Å². The zero-order valence-electron chi connectivity index (χ0n) is 15.3. The monoisotopic (exact) mass is 392 g/mol. The number of hydrogen-bond donors (Lipinski definition) is 0. The quantitative estimate of drug-likeness (QED) is 0.532. The highest BCUT2D eigenvalue weighted by Gasteiger charge is 2.41. The number of ether oxygens (including phenoxy) is 1. The number of fused-ring (bicyclic) bond motifs is 3. The van der Waals surface area contributed by atoms with Crippen molar-refractivity contribution in [2.45, 2.75) is 25.6 Å². The molecular weight excluding hydrogens is 375 g/mol.